The molecule has 20 heavy (non-hydrogen) atoms. The molecule has 0 saturated heterocycles. The highest BCUT2D eigenvalue weighted by molar-refractivity contribution is 5.78. The standard InChI is InChI=1S/C16H29NO3/c1-12(16(19)20)8-7-9-13(2)17-15(18)14-10-5-3-4-6-11-14/h12-14H,3-11H2,1-2H3,(H,17,18)(H,19,20). The number of hydrogen-bond donors (Lipinski definition) is 2. The van der Waals surface area contributed by atoms with Crippen LogP contribution in [0.25, 0.3) is 0 Å². The van der Waals surface area contributed by atoms with E-state index in [1.54, 1.807) is 6.92 Å². The van der Waals surface area contributed by atoms with Crippen molar-refractivity contribution in [3.05, 3.63) is 0 Å². The first-order chi connectivity index (χ1) is 9.50. The summed E-state index contributed by atoms with van der Waals surface area (Å²) in [6, 6.07) is 0.145. The van der Waals surface area contributed by atoms with Crippen LogP contribution in [0.4, 0.5) is 0 Å². The maximum atomic E-state index is 12.2. The molecule has 1 aliphatic rings. The summed E-state index contributed by atoms with van der Waals surface area (Å²) in [5.41, 5.74) is 0. The largest absolute Gasteiger partial charge is 0.481 e. The summed E-state index contributed by atoms with van der Waals surface area (Å²) >= 11 is 0. The first kappa shape index (κ1) is 17.0. The molecule has 0 aromatic heterocycles. The van der Waals surface area contributed by atoms with Crippen LogP contribution < -0.4 is 5.32 Å². The van der Waals surface area contributed by atoms with Gasteiger partial charge in [0.25, 0.3) is 0 Å². The molecule has 0 bridgehead atoms. The lowest BCUT2D eigenvalue weighted by molar-refractivity contribution is -0.141. The van der Waals surface area contributed by atoms with Gasteiger partial charge >= 0.3 is 5.97 Å². The average molecular weight is 283 g/mol. The molecule has 0 radical (unpaired) electrons. The van der Waals surface area contributed by atoms with E-state index in [-0.39, 0.29) is 23.8 Å². The second-order valence-corrected chi connectivity index (χ2v) is 6.27. The fourth-order valence-corrected chi connectivity index (χ4v) is 2.83. The topological polar surface area (TPSA) is 66.4 Å². The minimum Gasteiger partial charge on any atom is -0.481 e. The molecule has 2 atom stereocenters. The Bertz CT molecular complexity index is 309. The number of carboxylic acid groups (broad SMARTS) is 1. The van der Waals surface area contributed by atoms with Gasteiger partial charge in [0.1, 0.15) is 0 Å². The van der Waals surface area contributed by atoms with E-state index < -0.39 is 5.97 Å². The second kappa shape index (κ2) is 8.98. The van der Waals surface area contributed by atoms with Crippen LogP contribution in [0, 0.1) is 11.8 Å². The van der Waals surface area contributed by atoms with Crippen LogP contribution in [-0.4, -0.2) is 23.0 Å². The van der Waals surface area contributed by atoms with Crippen LogP contribution >= 0.6 is 0 Å². The van der Waals surface area contributed by atoms with E-state index in [9.17, 15) is 9.59 Å². The Labute approximate surface area is 122 Å². The molecule has 0 spiro atoms. The van der Waals surface area contributed by atoms with Crippen molar-refractivity contribution in [2.75, 3.05) is 0 Å². The fourth-order valence-electron chi connectivity index (χ4n) is 2.83. The highest BCUT2D eigenvalue weighted by atomic mass is 16.4. The van der Waals surface area contributed by atoms with Gasteiger partial charge < -0.3 is 10.4 Å². The zero-order valence-corrected chi connectivity index (χ0v) is 12.9. The molecule has 1 aliphatic carbocycles. The number of nitrogens with one attached hydrogen (secondary N) is 1. The zero-order valence-electron chi connectivity index (χ0n) is 12.9. The summed E-state index contributed by atoms with van der Waals surface area (Å²) in [7, 11) is 0. The molecule has 0 aromatic rings. The number of hydrogen-bond acceptors (Lipinski definition) is 2. The lowest BCUT2D eigenvalue weighted by atomic mass is 9.98. The Morgan fingerprint density at radius 2 is 1.70 bits per heavy atom. The first-order valence-corrected chi connectivity index (χ1v) is 8.04. The molecule has 116 valence electrons. The third-order valence-corrected chi connectivity index (χ3v) is 4.31. The van der Waals surface area contributed by atoms with Crippen LogP contribution in [0.15, 0.2) is 0 Å². The van der Waals surface area contributed by atoms with Gasteiger partial charge in [-0.25, -0.2) is 0 Å². The monoisotopic (exact) mass is 283 g/mol. The predicted molar refractivity (Wildman–Crippen MR) is 79.4 cm³/mol. The van der Waals surface area contributed by atoms with Crippen molar-refractivity contribution in [2.24, 2.45) is 11.8 Å². The van der Waals surface area contributed by atoms with E-state index in [2.05, 4.69) is 5.32 Å². The van der Waals surface area contributed by atoms with Crippen molar-refractivity contribution in [1.29, 1.82) is 0 Å². The molecule has 4 heteroatoms. The molecular weight excluding hydrogens is 254 g/mol. The summed E-state index contributed by atoms with van der Waals surface area (Å²) in [4.78, 5) is 22.9. The Kier molecular flexibility index (Phi) is 7.63. The Morgan fingerprint density at radius 3 is 2.25 bits per heavy atom. The Hall–Kier alpha value is -1.06. The van der Waals surface area contributed by atoms with E-state index in [1.165, 1.54) is 25.7 Å². The van der Waals surface area contributed by atoms with Gasteiger partial charge in [-0.1, -0.05) is 39.0 Å². The maximum Gasteiger partial charge on any atom is 0.306 e. The van der Waals surface area contributed by atoms with Crippen LogP contribution in [0.1, 0.15) is 71.6 Å². The van der Waals surface area contributed by atoms with E-state index >= 15 is 0 Å². The van der Waals surface area contributed by atoms with Gasteiger partial charge in [0.15, 0.2) is 0 Å². The molecule has 1 rings (SSSR count). The normalized spacial score (nSPS) is 19.9. The summed E-state index contributed by atoms with van der Waals surface area (Å²) in [5, 5.41) is 11.9. The van der Waals surface area contributed by atoms with Gasteiger partial charge in [-0.2, -0.15) is 0 Å². The van der Waals surface area contributed by atoms with Gasteiger partial charge in [-0.15, -0.1) is 0 Å². The molecule has 2 unspecified atom stereocenters. The van der Waals surface area contributed by atoms with E-state index in [0.717, 1.165) is 25.7 Å². The molecule has 1 fully saturated rings. The Balaban J connectivity index is 2.21. The van der Waals surface area contributed by atoms with Gasteiger partial charge in [-0.05, 0) is 32.6 Å². The minimum atomic E-state index is -0.736. The third-order valence-electron chi connectivity index (χ3n) is 4.31. The number of rotatable bonds is 7. The number of aliphatic carboxylic acids is 1. The third kappa shape index (κ3) is 6.40. The van der Waals surface area contributed by atoms with Gasteiger partial charge in [-0.3, -0.25) is 9.59 Å². The molecule has 2 N–H and O–H groups in total. The highest BCUT2D eigenvalue weighted by Crippen LogP contribution is 2.23. The van der Waals surface area contributed by atoms with E-state index in [1.807, 2.05) is 6.92 Å². The minimum absolute atomic E-state index is 0.145. The molecule has 1 saturated carbocycles. The van der Waals surface area contributed by atoms with E-state index in [0.29, 0.717) is 6.42 Å². The quantitative estimate of drug-likeness (QED) is 0.704. The smallest absolute Gasteiger partial charge is 0.306 e. The molecule has 0 aliphatic heterocycles. The van der Waals surface area contributed by atoms with Gasteiger partial charge in [0, 0.05) is 12.0 Å². The molecular formula is C16H29NO3. The lowest BCUT2D eigenvalue weighted by Gasteiger charge is -2.19. The fraction of sp³-hybridized carbons (Fsp3) is 0.875. The first-order valence-electron chi connectivity index (χ1n) is 8.04. The summed E-state index contributed by atoms with van der Waals surface area (Å²) in [5.74, 6) is -0.636. The number of carbonyl (C=O) groups excluding carboxylic acids is 1. The van der Waals surface area contributed by atoms with Crippen molar-refractivity contribution in [2.45, 2.75) is 77.7 Å². The summed E-state index contributed by atoms with van der Waals surface area (Å²) in [6.07, 6.45) is 9.28. The SMILES string of the molecule is CC(CCCC(C)C(=O)O)NC(=O)C1CCCCCC1. The van der Waals surface area contributed by atoms with Crippen LogP contribution in [-0.2, 0) is 9.59 Å². The van der Waals surface area contributed by atoms with Crippen LogP contribution in [0.2, 0.25) is 0 Å². The number of carboxylic acids is 1. The second-order valence-electron chi connectivity index (χ2n) is 6.27. The highest BCUT2D eigenvalue weighted by Gasteiger charge is 2.21. The van der Waals surface area contributed by atoms with Gasteiger partial charge in [0.05, 0.1) is 5.92 Å². The van der Waals surface area contributed by atoms with Crippen molar-refractivity contribution in [3.63, 3.8) is 0 Å². The van der Waals surface area contributed by atoms with Crippen LogP contribution in [0.3, 0.4) is 0 Å². The maximum absolute atomic E-state index is 12.2. The van der Waals surface area contributed by atoms with Crippen molar-refractivity contribution in [1.82, 2.24) is 5.32 Å². The summed E-state index contributed by atoms with van der Waals surface area (Å²) < 4.78 is 0. The number of amides is 1. The molecule has 0 heterocycles. The van der Waals surface area contributed by atoms with E-state index in [4.69, 9.17) is 5.11 Å². The molecule has 4 nitrogen and oxygen atoms in total. The van der Waals surface area contributed by atoms with Gasteiger partial charge in [0.2, 0.25) is 5.91 Å². The van der Waals surface area contributed by atoms with Crippen molar-refractivity contribution < 1.29 is 14.7 Å². The zero-order chi connectivity index (χ0) is 15.0. The van der Waals surface area contributed by atoms with Crippen molar-refractivity contribution in [3.8, 4) is 0 Å². The molecule has 0 aromatic carbocycles. The lowest BCUT2D eigenvalue weighted by Crippen LogP contribution is -2.37. The Morgan fingerprint density at radius 1 is 1.10 bits per heavy atom. The summed E-state index contributed by atoms with van der Waals surface area (Å²) in [6.45, 7) is 3.75. The number of carbonyl (C=O) groups is 2. The average Bonchev–Trinajstić information content (AvgIpc) is 2.67. The molecule has 1 amide bonds. The predicted octanol–water partition coefficient (Wildman–Crippen LogP) is 3.35. The van der Waals surface area contributed by atoms with Crippen molar-refractivity contribution >= 4 is 11.9 Å². The van der Waals surface area contributed by atoms with Crippen LogP contribution in [0.5, 0.6) is 0 Å².